The molecule has 1 N–H and O–H groups in total. The van der Waals surface area contributed by atoms with E-state index in [1.165, 1.54) is 18.2 Å². The van der Waals surface area contributed by atoms with E-state index in [-0.39, 0.29) is 16.9 Å². The second-order valence-electron chi connectivity index (χ2n) is 5.41. The molecule has 2 aromatic rings. The Hall–Kier alpha value is -3.43. The largest absolute Gasteiger partial charge is 0.494 e. The molecule has 1 aromatic carbocycles. The fourth-order valence-electron chi connectivity index (χ4n) is 2.34. The summed E-state index contributed by atoms with van der Waals surface area (Å²) in [5, 5.41) is 17.3. The van der Waals surface area contributed by atoms with Crippen LogP contribution in [0.15, 0.2) is 22.7 Å². The van der Waals surface area contributed by atoms with Gasteiger partial charge in [-0.15, -0.1) is 0 Å². The third-order valence-corrected chi connectivity index (χ3v) is 3.56. The van der Waals surface area contributed by atoms with Crippen molar-refractivity contribution in [2.24, 2.45) is 0 Å². The Balaban J connectivity index is 2.04. The van der Waals surface area contributed by atoms with Crippen LogP contribution in [0.3, 0.4) is 0 Å². The molecule has 1 amide bonds. The predicted molar refractivity (Wildman–Crippen MR) is 93.8 cm³/mol. The van der Waals surface area contributed by atoms with E-state index < -0.39 is 23.4 Å². The van der Waals surface area contributed by atoms with Crippen molar-refractivity contribution in [3.8, 4) is 5.75 Å². The van der Waals surface area contributed by atoms with Gasteiger partial charge in [-0.05, 0) is 32.4 Å². The third kappa shape index (κ3) is 4.81. The minimum Gasteiger partial charge on any atom is -0.494 e. The number of nitro benzene ring substituents is 1. The first-order valence-electron chi connectivity index (χ1n) is 8.20. The molecule has 1 heterocycles. The van der Waals surface area contributed by atoms with Gasteiger partial charge in [0.15, 0.2) is 6.61 Å². The number of aromatic nitrogens is 1. The van der Waals surface area contributed by atoms with Crippen molar-refractivity contribution in [2.75, 3.05) is 18.5 Å². The number of nitrogens with one attached hydrogen (secondary N) is 1. The van der Waals surface area contributed by atoms with Crippen molar-refractivity contribution >= 4 is 23.3 Å². The van der Waals surface area contributed by atoms with Crippen LogP contribution in [0.1, 0.15) is 35.7 Å². The fourth-order valence-corrected chi connectivity index (χ4v) is 2.34. The molecule has 0 aliphatic carbocycles. The maximum atomic E-state index is 12.1. The molecule has 0 unspecified atom stereocenters. The first kappa shape index (κ1) is 19.9. The first-order valence-corrected chi connectivity index (χ1v) is 8.20. The van der Waals surface area contributed by atoms with Gasteiger partial charge >= 0.3 is 5.97 Å². The van der Waals surface area contributed by atoms with Gasteiger partial charge in [-0.3, -0.25) is 14.9 Å². The predicted octanol–water partition coefficient (Wildman–Crippen LogP) is 2.65. The normalized spacial score (nSPS) is 10.3. The molecular formula is C17H19N3O7. The number of anilines is 1. The smallest absolute Gasteiger partial charge is 0.344 e. The molecule has 2 rings (SSSR count). The van der Waals surface area contributed by atoms with E-state index in [0.717, 1.165) is 0 Å². The van der Waals surface area contributed by atoms with Crippen molar-refractivity contribution in [3.63, 3.8) is 0 Å². The summed E-state index contributed by atoms with van der Waals surface area (Å²) in [6.45, 7) is 4.84. The zero-order valence-corrected chi connectivity index (χ0v) is 15.1. The van der Waals surface area contributed by atoms with E-state index in [9.17, 15) is 19.7 Å². The molecule has 0 spiro atoms. The van der Waals surface area contributed by atoms with Crippen LogP contribution in [-0.4, -0.2) is 35.2 Å². The minimum atomic E-state index is -0.748. The Bertz CT molecular complexity index is 860. The van der Waals surface area contributed by atoms with Crippen molar-refractivity contribution in [2.45, 2.75) is 27.2 Å². The summed E-state index contributed by atoms with van der Waals surface area (Å²) in [6, 6.07) is 4.05. The average Bonchev–Trinajstić information content (AvgIpc) is 3.01. The molecule has 0 saturated carbocycles. The number of hydrogen-bond acceptors (Lipinski definition) is 8. The van der Waals surface area contributed by atoms with Crippen LogP contribution < -0.4 is 10.1 Å². The van der Waals surface area contributed by atoms with Gasteiger partial charge in [0.1, 0.15) is 22.8 Å². The molecule has 0 saturated heterocycles. The summed E-state index contributed by atoms with van der Waals surface area (Å²) in [6.07, 6.45) is 0.465. The molecule has 10 nitrogen and oxygen atoms in total. The van der Waals surface area contributed by atoms with Crippen LogP contribution >= 0.6 is 0 Å². The van der Waals surface area contributed by atoms with Crippen LogP contribution in [-0.2, 0) is 16.0 Å². The second-order valence-corrected chi connectivity index (χ2v) is 5.41. The molecule has 0 fully saturated rings. The number of nitrogens with zero attached hydrogens (tertiary/aromatic N) is 2. The maximum absolute atomic E-state index is 12.1. The molecule has 144 valence electrons. The molecule has 0 aliphatic heterocycles. The van der Waals surface area contributed by atoms with Crippen molar-refractivity contribution in [1.29, 1.82) is 0 Å². The molecule has 27 heavy (non-hydrogen) atoms. The summed E-state index contributed by atoms with van der Waals surface area (Å²) >= 11 is 0. The third-order valence-electron chi connectivity index (χ3n) is 3.56. The lowest BCUT2D eigenvalue weighted by molar-refractivity contribution is -0.384. The van der Waals surface area contributed by atoms with Gasteiger partial charge in [-0.25, -0.2) is 4.79 Å². The topological polar surface area (TPSA) is 134 Å². The molecular weight excluding hydrogens is 358 g/mol. The van der Waals surface area contributed by atoms with Crippen LogP contribution in [0, 0.1) is 17.0 Å². The average molecular weight is 377 g/mol. The molecule has 0 aliphatic rings. The molecule has 0 radical (unpaired) electrons. The van der Waals surface area contributed by atoms with E-state index in [4.69, 9.17) is 14.0 Å². The standard InChI is InChI=1S/C17H19N3O7/c1-4-12-16(10(3)27-19-12)17(22)26-9-15(21)18-13-7-6-11(25-5-2)8-14(13)20(23)24/h6-8H,4-5,9H2,1-3H3,(H,18,21). The minimum absolute atomic E-state index is 0.0279. The number of rotatable bonds is 8. The number of amides is 1. The summed E-state index contributed by atoms with van der Waals surface area (Å²) in [7, 11) is 0. The summed E-state index contributed by atoms with van der Waals surface area (Å²) in [4.78, 5) is 34.7. The number of esters is 1. The summed E-state index contributed by atoms with van der Waals surface area (Å²) < 4.78 is 15.1. The lowest BCUT2D eigenvalue weighted by atomic mass is 10.1. The molecule has 1 aromatic heterocycles. The SMILES string of the molecule is CCOc1ccc(NC(=O)COC(=O)c2c(CC)noc2C)c([N+](=O)[O-])c1. The van der Waals surface area contributed by atoms with Gasteiger partial charge in [0, 0.05) is 0 Å². The Kier molecular flexibility index (Phi) is 6.47. The number of ether oxygens (including phenoxy) is 2. The van der Waals surface area contributed by atoms with Gasteiger partial charge in [0.25, 0.3) is 11.6 Å². The fraction of sp³-hybridized carbons (Fsp3) is 0.353. The van der Waals surface area contributed by atoms with Gasteiger partial charge in [0.05, 0.1) is 23.3 Å². The van der Waals surface area contributed by atoms with Gasteiger partial charge in [-0.1, -0.05) is 12.1 Å². The Morgan fingerprint density at radius 1 is 1.33 bits per heavy atom. The van der Waals surface area contributed by atoms with Crippen molar-refractivity contribution < 1.29 is 28.5 Å². The number of hydrogen-bond donors (Lipinski definition) is 1. The highest BCUT2D eigenvalue weighted by Crippen LogP contribution is 2.29. The van der Waals surface area contributed by atoms with Crippen LogP contribution in [0.5, 0.6) is 5.75 Å². The van der Waals surface area contributed by atoms with Crippen molar-refractivity contribution in [3.05, 3.63) is 45.3 Å². The van der Waals surface area contributed by atoms with E-state index in [1.807, 2.05) is 0 Å². The van der Waals surface area contributed by atoms with Crippen molar-refractivity contribution in [1.82, 2.24) is 5.16 Å². The summed E-state index contributed by atoms with van der Waals surface area (Å²) in [5.41, 5.74) is 0.251. The number of carbonyl (C=O) groups is 2. The Morgan fingerprint density at radius 2 is 2.07 bits per heavy atom. The highest BCUT2D eigenvalue weighted by molar-refractivity contribution is 5.97. The highest BCUT2D eigenvalue weighted by Gasteiger charge is 2.22. The van der Waals surface area contributed by atoms with Crippen LogP contribution in [0.4, 0.5) is 11.4 Å². The van der Waals surface area contributed by atoms with E-state index in [1.54, 1.807) is 20.8 Å². The second kappa shape index (κ2) is 8.79. The highest BCUT2D eigenvalue weighted by atomic mass is 16.6. The van der Waals surface area contributed by atoms with E-state index in [0.29, 0.717) is 30.2 Å². The monoisotopic (exact) mass is 377 g/mol. The number of benzene rings is 1. The van der Waals surface area contributed by atoms with Gasteiger partial charge in [0.2, 0.25) is 0 Å². The molecule has 0 atom stereocenters. The zero-order chi connectivity index (χ0) is 20.0. The Morgan fingerprint density at radius 3 is 2.70 bits per heavy atom. The van der Waals surface area contributed by atoms with Crippen LogP contribution in [0.25, 0.3) is 0 Å². The lowest BCUT2D eigenvalue weighted by Crippen LogP contribution is -2.22. The summed E-state index contributed by atoms with van der Waals surface area (Å²) in [5.74, 6) is -0.868. The maximum Gasteiger partial charge on any atom is 0.344 e. The molecule has 10 heteroatoms. The van der Waals surface area contributed by atoms with Gasteiger partial charge in [-0.2, -0.15) is 0 Å². The Labute approximate surface area is 154 Å². The van der Waals surface area contributed by atoms with E-state index >= 15 is 0 Å². The van der Waals surface area contributed by atoms with E-state index in [2.05, 4.69) is 10.5 Å². The molecule has 0 bridgehead atoms. The first-order chi connectivity index (χ1) is 12.9. The number of nitro groups is 1. The lowest BCUT2D eigenvalue weighted by Gasteiger charge is -2.09. The van der Waals surface area contributed by atoms with Gasteiger partial charge < -0.3 is 19.3 Å². The quantitative estimate of drug-likeness (QED) is 0.421. The van der Waals surface area contributed by atoms with Crippen LogP contribution in [0.2, 0.25) is 0 Å². The number of carbonyl (C=O) groups excluding carboxylic acids is 2. The zero-order valence-electron chi connectivity index (χ0n) is 15.1. The number of aryl methyl sites for hydroxylation is 2.